The Kier molecular flexibility index (Phi) is 7.43. The van der Waals surface area contributed by atoms with Gasteiger partial charge in [-0.05, 0) is 79.9 Å². The van der Waals surface area contributed by atoms with Crippen LogP contribution in [0.2, 0.25) is 5.02 Å². The maximum absolute atomic E-state index is 12.9. The molecule has 0 heterocycles. The number of ether oxygens (including phenoxy) is 1. The van der Waals surface area contributed by atoms with Gasteiger partial charge in [0, 0.05) is 17.8 Å². The van der Waals surface area contributed by atoms with E-state index in [9.17, 15) is 13.2 Å². The monoisotopic (exact) mass is 472 g/mol. The van der Waals surface area contributed by atoms with E-state index in [1.54, 1.807) is 12.1 Å². The van der Waals surface area contributed by atoms with Crippen LogP contribution < -0.4 is 14.8 Å². The Morgan fingerprint density at radius 2 is 1.78 bits per heavy atom. The molecule has 0 fully saturated rings. The van der Waals surface area contributed by atoms with E-state index < -0.39 is 15.9 Å². The number of carbonyl (C=O) groups is 1. The van der Waals surface area contributed by atoms with Crippen LogP contribution in [0.5, 0.6) is 5.75 Å². The van der Waals surface area contributed by atoms with Crippen LogP contribution in [0.4, 0.5) is 5.69 Å². The third-order valence-electron chi connectivity index (χ3n) is 4.90. The van der Waals surface area contributed by atoms with E-state index in [4.69, 9.17) is 16.3 Å². The van der Waals surface area contributed by atoms with Gasteiger partial charge in [-0.25, -0.2) is 8.42 Å². The molecule has 0 spiro atoms. The summed E-state index contributed by atoms with van der Waals surface area (Å²) in [5.41, 5.74) is 3.49. The number of sulfonamides is 1. The quantitative estimate of drug-likeness (QED) is 0.478. The average molecular weight is 473 g/mol. The van der Waals surface area contributed by atoms with Crippen LogP contribution in [-0.2, 0) is 16.6 Å². The molecule has 0 radical (unpaired) electrons. The summed E-state index contributed by atoms with van der Waals surface area (Å²) in [6.45, 7) is 6.56. The Morgan fingerprint density at radius 3 is 2.50 bits per heavy atom. The molecule has 0 aliphatic carbocycles. The average Bonchev–Trinajstić information content (AvgIpc) is 2.75. The van der Waals surface area contributed by atoms with Crippen molar-refractivity contribution in [2.75, 3.05) is 11.3 Å². The Hall–Kier alpha value is -3.03. The maximum Gasteiger partial charge on any atom is 0.263 e. The molecule has 6 nitrogen and oxygen atoms in total. The zero-order chi connectivity index (χ0) is 23.3. The molecule has 0 aromatic heterocycles. The molecule has 3 aromatic rings. The molecule has 0 aliphatic heterocycles. The molecule has 32 heavy (non-hydrogen) atoms. The minimum Gasteiger partial charge on any atom is -0.494 e. The summed E-state index contributed by atoms with van der Waals surface area (Å²) in [6.07, 6.45) is 0. The van der Waals surface area contributed by atoms with Crippen molar-refractivity contribution in [2.24, 2.45) is 0 Å². The molecule has 0 saturated heterocycles. The summed E-state index contributed by atoms with van der Waals surface area (Å²) in [5.74, 6) is 0.308. The lowest BCUT2D eigenvalue weighted by molar-refractivity contribution is 0.0950. The lowest BCUT2D eigenvalue weighted by atomic mass is 10.1. The molecule has 1 amide bonds. The first-order valence-electron chi connectivity index (χ1n) is 10.1. The van der Waals surface area contributed by atoms with E-state index >= 15 is 0 Å². The van der Waals surface area contributed by atoms with Gasteiger partial charge < -0.3 is 10.1 Å². The lowest BCUT2D eigenvalue weighted by Crippen LogP contribution is -2.23. The highest BCUT2D eigenvalue weighted by Gasteiger charge is 2.20. The molecule has 168 valence electrons. The first-order chi connectivity index (χ1) is 15.2. The van der Waals surface area contributed by atoms with Gasteiger partial charge in [0.1, 0.15) is 10.6 Å². The highest BCUT2D eigenvalue weighted by atomic mass is 35.5. The number of benzene rings is 3. The Bertz CT molecular complexity index is 1240. The predicted molar refractivity (Wildman–Crippen MR) is 127 cm³/mol. The van der Waals surface area contributed by atoms with Gasteiger partial charge in [-0.2, -0.15) is 0 Å². The molecule has 0 aliphatic rings. The van der Waals surface area contributed by atoms with Crippen LogP contribution in [0, 0.1) is 13.8 Å². The highest BCUT2D eigenvalue weighted by molar-refractivity contribution is 7.92. The SMILES string of the molecule is CCOc1cccc(CNC(=O)c2ccc(Cl)c(S(=O)(=O)Nc3ccc(C)c(C)c3)c2)c1. The van der Waals surface area contributed by atoms with Crippen molar-refractivity contribution in [2.45, 2.75) is 32.2 Å². The fourth-order valence-electron chi connectivity index (χ4n) is 3.06. The fraction of sp³-hybridized carbons (Fsp3) is 0.208. The molecular weight excluding hydrogens is 448 g/mol. The Balaban J connectivity index is 1.77. The second kappa shape index (κ2) is 10.1. The molecule has 8 heteroatoms. The number of rotatable bonds is 8. The van der Waals surface area contributed by atoms with Gasteiger partial charge in [0.15, 0.2) is 0 Å². The van der Waals surface area contributed by atoms with Crippen molar-refractivity contribution in [1.82, 2.24) is 5.32 Å². The molecule has 0 saturated carbocycles. The van der Waals surface area contributed by atoms with Crippen LogP contribution in [0.15, 0.2) is 65.6 Å². The normalized spacial score (nSPS) is 11.1. The van der Waals surface area contributed by atoms with Crippen molar-refractivity contribution in [1.29, 1.82) is 0 Å². The Labute approximate surface area is 193 Å². The van der Waals surface area contributed by atoms with E-state index in [0.29, 0.717) is 12.3 Å². The molecule has 2 N–H and O–H groups in total. The topological polar surface area (TPSA) is 84.5 Å². The molecule has 3 aromatic carbocycles. The molecular formula is C24H25ClN2O4S. The third kappa shape index (κ3) is 5.81. The fourth-order valence-corrected chi connectivity index (χ4v) is 4.64. The zero-order valence-corrected chi connectivity index (χ0v) is 19.7. The van der Waals surface area contributed by atoms with Gasteiger partial charge >= 0.3 is 0 Å². The molecule has 3 rings (SSSR count). The number of hydrogen-bond acceptors (Lipinski definition) is 4. The predicted octanol–water partition coefficient (Wildman–Crippen LogP) is 5.09. The zero-order valence-electron chi connectivity index (χ0n) is 18.1. The van der Waals surface area contributed by atoms with E-state index in [1.807, 2.05) is 51.1 Å². The Morgan fingerprint density at radius 1 is 1.00 bits per heavy atom. The lowest BCUT2D eigenvalue weighted by Gasteiger charge is -2.13. The van der Waals surface area contributed by atoms with Crippen LogP contribution >= 0.6 is 11.6 Å². The first-order valence-corrected chi connectivity index (χ1v) is 12.0. The number of halogens is 1. The van der Waals surface area contributed by atoms with Gasteiger partial charge in [-0.15, -0.1) is 0 Å². The maximum atomic E-state index is 12.9. The number of hydrogen-bond donors (Lipinski definition) is 2. The molecule has 0 atom stereocenters. The first kappa shape index (κ1) is 23.6. The molecule has 0 unspecified atom stereocenters. The summed E-state index contributed by atoms with van der Waals surface area (Å²) >= 11 is 6.16. The van der Waals surface area contributed by atoms with Crippen molar-refractivity contribution in [3.63, 3.8) is 0 Å². The summed E-state index contributed by atoms with van der Waals surface area (Å²) in [6, 6.07) is 16.8. The van der Waals surface area contributed by atoms with E-state index in [2.05, 4.69) is 10.0 Å². The van der Waals surface area contributed by atoms with Crippen LogP contribution in [-0.4, -0.2) is 20.9 Å². The number of anilines is 1. The minimum atomic E-state index is -3.99. The number of carbonyl (C=O) groups excluding carboxylic acids is 1. The summed E-state index contributed by atoms with van der Waals surface area (Å²) in [4.78, 5) is 12.5. The van der Waals surface area contributed by atoms with Crippen LogP contribution in [0.3, 0.4) is 0 Å². The van der Waals surface area contributed by atoms with Gasteiger partial charge in [0.25, 0.3) is 15.9 Å². The van der Waals surface area contributed by atoms with E-state index in [-0.39, 0.29) is 22.0 Å². The van der Waals surface area contributed by atoms with Gasteiger partial charge in [-0.1, -0.05) is 29.8 Å². The number of aryl methyl sites for hydroxylation is 2. The summed E-state index contributed by atoms with van der Waals surface area (Å²) < 4.78 is 33.9. The standard InChI is InChI=1S/C24H25ClN2O4S/c1-4-31-21-7-5-6-18(13-21)15-26-24(28)19-9-11-22(25)23(14-19)32(29,30)27-20-10-8-16(2)17(3)12-20/h5-14,27H,4,15H2,1-3H3,(H,26,28). The third-order valence-corrected chi connectivity index (χ3v) is 6.77. The number of nitrogens with one attached hydrogen (secondary N) is 2. The van der Waals surface area contributed by atoms with E-state index in [1.165, 1.54) is 18.2 Å². The number of amides is 1. The van der Waals surface area contributed by atoms with Crippen LogP contribution in [0.1, 0.15) is 34.0 Å². The van der Waals surface area contributed by atoms with Crippen LogP contribution in [0.25, 0.3) is 0 Å². The summed E-state index contributed by atoms with van der Waals surface area (Å²) in [5, 5.41) is 2.82. The van der Waals surface area contributed by atoms with Crippen molar-refractivity contribution < 1.29 is 17.9 Å². The molecule has 0 bridgehead atoms. The van der Waals surface area contributed by atoms with Gasteiger partial charge in [-0.3, -0.25) is 9.52 Å². The second-order valence-electron chi connectivity index (χ2n) is 7.31. The smallest absolute Gasteiger partial charge is 0.263 e. The second-order valence-corrected chi connectivity index (χ2v) is 9.37. The van der Waals surface area contributed by atoms with E-state index in [0.717, 1.165) is 22.4 Å². The van der Waals surface area contributed by atoms with Crippen molar-refractivity contribution in [3.8, 4) is 5.75 Å². The van der Waals surface area contributed by atoms with Gasteiger partial charge in [0.2, 0.25) is 0 Å². The highest BCUT2D eigenvalue weighted by Crippen LogP contribution is 2.26. The minimum absolute atomic E-state index is 0.0299. The van der Waals surface area contributed by atoms with Crippen molar-refractivity contribution in [3.05, 3.63) is 87.9 Å². The van der Waals surface area contributed by atoms with Gasteiger partial charge in [0.05, 0.1) is 11.6 Å². The largest absolute Gasteiger partial charge is 0.494 e. The van der Waals surface area contributed by atoms with Crippen molar-refractivity contribution >= 4 is 33.2 Å². The summed E-state index contributed by atoms with van der Waals surface area (Å²) in [7, 11) is -3.99.